The number of hydrogen-bond acceptors (Lipinski definition) is 6. The number of rotatable bonds is 3. The zero-order chi connectivity index (χ0) is 13.3. The first-order valence-electron chi connectivity index (χ1n) is 5.89. The summed E-state index contributed by atoms with van der Waals surface area (Å²) in [5, 5.41) is 0. The number of nitrogens with two attached hydrogens (primary N) is 2. The highest BCUT2D eigenvalue weighted by molar-refractivity contribution is 5.78. The second-order valence-corrected chi connectivity index (χ2v) is 4.55. The summed E-state index contributed by atoms with van der Waals surface area (Å²) in [4.78, 5) is 21.9. The molecule has 0 spiro atoms. The predicted octanol–water partition coefficient (Wildman–Crippen LogP) is -0.309. The zero-order valence-corrected chi connectivity index (χ0v) is 10.6. The van der Waals surface area contributed by atoms with E-state index >= 15 is 0 Å². The lowest BCUT2D eigenvalue weighted by Crippen LogP contribution is -2.28. The van der Waals surface area contributed by atoms with Gasteiger partial charge in [0.2, 0.25) is 5.91 Å². The molecule has 1 aromatic rings. The molecule has 2 rings (SSSR count). The summed E-state index contributed by atoms with van der Waals surface area (Å²) in [6.45, 7) is 5.10. The van der Waals surface area contributed by atoms with Gasteiger partial charge in [-0.3, -0.25) is 4.79 Å². The SMILES string of the molecule is Cc1nc(NN)c(C)c(N2CCC(C(N)=O)C2)n1. The summed E-state index contributed by atoms with van der Waals surface area (Å²) in [6, 6.07) is 0. The smallest absolute Gasteiger partial charge is 0.222 e. The maximum absolute atomic E-state index is 11.2. The van der Waals surface area contributed by atoms with Crippen LogP contribution in [0.4, 0.5) is 11.6 Å². The maximum Gasteiger partial charge on any atom is 0.222 e. The van der Waals surface area contributed by atoms with Crippen molar-refractivity contribution in [1.82, 2.24) is 9.97 Å². The molecule has 1 saturated heterocycles. The molecule has 1 amide bonds. The second kappa shape index (κ2) is 4.77. The van der Waals surface area contributed by atoms with Gasteiger partial charge in [-0.2, -0.15) is 0 Å². The highest BCUT2D eigenvalue weighted by Crippen LogP contribution is 2.27. The summed E-state index contributed by atoms with van der Waals surface area (Å²) in [5.74, 6) is 7.15. The molecule has 98 valence electrons. The first-order chi connectivity index (χ1) is 8.52. The molecule has 5 N–H and O–H groups in total. The number of hydrazine groups is 1. The molecular weight excluding hydrogens is 232 g/mol. The van der Waals surface area contributed by atoms with Gasteiger partial charge in [0.15, 0.2) is 0 Å². The Labute approximate surface area is 106 Å². The molecule has 1 aliphatic heterocycles. The van der Waals surface area contributed by atoms with E-state index in [4.69, 9.17) is 11.6 Å². The van der Waals surface area contributed by atoms with Gasteiger partial charge in [0.25, 0.3) is 0 Å². The number of carbonyl (C=O) groups is 1. The molecule has 7 nitrogen and oxygen atoms in total. The zero-order valence-electron chi connectivity index (χ0n) is 10.6. The van der Waals surface area contributed by atoms with Gasteiger partial charge in [0.1, 0.15) is 17.5 Å². The van der Waals surface area contributed by atoms with Crippen LogP contribution in [-0.4, -0.2) is 29.0 Å². The molecule has 1 unspecified atom stereocenters. The number of anilines is 2. The van der Waals surface area contributed by atoms with E-state index in [-0.39, 0.29) is 11.8 Å². The van der Waals surface area contributed by atoms with Gasteiger partial charge in [-0.15, -0.1) is 0 Å². The molecule has 1 atom stereocenters. The number of hydrogen-bond donors (Lipinski definition) is 3. The molecule has 7 heteroatoms. The van der Waals surface area contributed by atoms with Crippen molar-refractivity contribution >= 4 is 17.5 Å². The Bertz CT molecular complexity index is 475. The van der Waals surface area contributed by atoms with Gasteiger partial charge >= 0.3 is 0 Å². The Balaban J connectivity index is 2.29. The molecule has 1 aromatic heterocycles. The normalized spacial score (nSPS) is 19.1. The van der Waals surface area contributed by atoms with Crippen LogP contribution >= 0.6 is 0 Å². The average Bonchev–Trinajstić information content (AvgIpc) is 2.81. The summed E-state index contributed by atoms with van der Waals surface area (Å²) < 4.78 is 0. The Morgan fingerprint density at radius 3 is 2.72 bits per heavy atom. The van der Waals surface area contributed by atoms with Gasteiger partial charge in [-0.05, 0) is 20.3 Å². The number of primary amides is 1. The molecule has 1 aliphatic rings. The van der Waals surface area contributed by atoms with Crippen LogP contribution in [0.5, 0.6) is 0 Å². The predicted molar refractivity (Wildman–Crippen MR) is 68.8 cm³/mol. The van der Waals surface area contributed by atoms with E-state index in [1.165, 1.54) is 0 Å². The van der Waals surface area contributed by atoms with Gasteiger partial charge in [0.05, 0.1) is 5.92 Å². The fraction of sp³-hybridized carbons (Fsp3) is 0.545. The molecule has 18 heavy (non-hydrogen) atoms. The minimum Gasteiger partial charge on any atom is -0.369 e. The molecule has 1 fully saturated rings. The molecule has 0 aromatic carbocycles. The van der Waals surface area contributed by atoms with Crippen LogP contribution in [0.3, 0.4) is 0 Å². The monoisotopic (exact) mass is 250 g/mol. The van der Waals surface area contributed by atoms with Gasteiger partial charge in [0, 0.05) is 18.7 Å². The van der Waals surface area contributed by atoms with Crippen molar-refractivity contribution in [1.29, 1.82) is 0 Å². The van der Waals surface area contributed by atoms with Crippen molar-refractivity contribution in [2.45, 2.75) is 20.3 Å². The molecule has 0 saturated carbocycles. The Kier molecular flexibility index (Phi) is 3.33. The third-order valence-electron chi connectivity index (χ3n) is 3.26. The van der Waals surface area contributed by atoms with Crippen LogP contribution in [0.2, 0.25) is 0 Å². The van der Waals surface area contributed by atoms with Crippen LogP contribution < -0.4 is 21.9 Å². The molecule has 0 radical (unpaired) electrons. The van der Waals surface area contributed by atoms with E-state index in [0.29, 0.717) is 18.2 Å². The van der Waals surface area contributed by atoms with Crippen molar-refractivity contribution in [3.8, 4) is 0 Å². The minimum absolute atomic E-state index is 0.103. The number of aryl methyl sites for hydroxylation is 1. The van der Waals surface area contributed by atoms with Crippen molar-refractivity contribution in [2.75, 3.05) is 23.4 Å². The van der Waals surface area contributed by atoms with E-state index in [2.05, 4.69) is 20.3 Å². The Morgan fingerprint density at radius 2 is 2.17 bits per heavy atom. The first kappa shape index (κ1) is 12.6. The summed E-state index contributed by atoms with van der Waals surface area (Å²) in [7, 11) is 0. The van der Waals surface area contributed by atoms with E-state index in [1.54, 1.807) is 0 Å². The van der Waals surface area contributed by atoms with E-state index in [9.17, 15) is 4.79 Å². The largest absolute Gasteiger partial charge is 0.369 e. The maximum atomic E-state index is 11.2. The lowest BCUT2D eigenvalue weighted by molar-refractivity contribution is -0.121. The van der Waals surface area contributed by atoms with E-state index < -0.39 is 0 Å². The van der Waals surface area contributed by atoms with Crippen LogP contribution in [0, 0.1) is 19.8 Å². The second-order valence-electron chi connectivity index (χ2n) is 4.55. The van der Waals surface area contributed by atoms with Crippen LogP contribution in [0.1, 0.15) is 17.8 Å². The average molecular weight is 250 g/mol. The number of nitrogens with one attached hydrogen (secondary N) is 1. The topological polar surface area (TPSA) is 110 Å². The third kappa shape index (κ3) is 2.21. The fourth-order valence-electron chi connectivity index (χ4n) is 2.25. The van der Waals surface area contributed by atoms with Gasteiger partial charge in [-0.1, -0.05) is 0 Å². The molecule has 2 heterocycles. The Morgan fingerprint density at radius 1 is 1.44 bits per heavy atom. The highest BCUT2D eigenvalue weighted by Gasteiger charge is 2.29. The Hall–Kier alpha value is -1.89. The van der Waals surface area contributed by atoms with Gasteiger partial charge < -0.3 is 16.1 Å². The standard InChI is InChI=1S/C11H18N6O/c1-6-10(16-13)14-7(2)15-11(6)17-4-3-8(5-17)9(12)18/h8H,3-5,13H2,1-2H3,(H2,12,18)(H,14,15,16). The summed E-state index contributed by atoms with van der Waals surface area (Å²) >= 11 is 0. The number of aromatic nitrogens is 2. The number of amides is 1. The van der Waals surface area contributed by atoms with Crippen molar-refractivity contribution in [3.63, 3.8) is 0 Å². The van der Waals surface area contributed by atoms with Crippen molar-refractivity contribution in [2.24, 2.45) is 17.5 Å². The van der Waals surface area contributed by atoms with Crippen molar-refractivity contribution < 1.29 is 4.79 Å². The molecule has 0 bridgehead atoms. The number of carbonyl (C=O) groups excluding carboxylic acids is 1. The fourth-order valence-corrected chi connectivity index (χ4v) is 2.25. The summed E-state index contributed by atoms with van der Waals surface area (Å²) in [6.07, 6.45) is 0.767. The number of nitrogen functional groups attached to an aromatic ring is 1. The van der Waals surface area contributed by atoms with Crippen molar-refractivity contribution in [3.05, 3.63) is 11.4 Å². The van der Waals surface area contributed by atoms with E-state index in [0.717, 1.165) is 24.3 Å². The quantitative estimate of drug-likeness (QED) is 0.501. The van der Waals surface area contributed by atoms with Crippen LogP contribution in [0.15, 0.2) is 0 Å². The highest BCUT2D eigenvalue weighted by atomic mass is 16.1. The van der Waals surface area contributed by atoms with Gasteiger partial charge in [-0.25, -0.2) is 15.8 Å². The molecular formula is C11H18N6O. The van der Waals surface area contributed by atoms with Crippen LogP contribution in [0.25, 0.3) is 0 Å². The lowest BCUT2D eigenvalue weighted by Gasteiger charge is -2.20. The first-order valence-corrected chi connectivity index (χ1v) is 5.89. The lowest BCUT2D eigenvalue weighted by atomic mass is 10.1. The van der Waals surface area contributed by atoms with Crippen LogP contribution in [-0.2, 0) is 4.79 Å². The third-order valence-corrected chi connectivity index (χ3v) is 3.26. The molecule has 0 aliphatic carbocycles. The minimum atomic E-state index is -0.252. The van der Waals surface area contributed by atoms with E-state index in [1.807, 2.05) is 13.8 Å². The number of nitrogens with zero attached hydrogens (tertiary/aromatic N) is 3. The summed E-state index contributed by atoms with van der Waals surface area (Å²) in [5.41, 5.74) is 8.78.